The Balaban J connectivity index is 1.95. The van der Waals surface area contributed by atoms with E-state index >= 15 is 0 Å². The van der Waals surface area contributed by atoms with E-state index in [0.29, 0.717) is 29.8 Å². The van der Waals surface area contributed by atoms with Gasteiger partial charge in [0.05, 0.1) is 0 Å². The van der Waals surface area contributed by atoms with Gasteiger partial charge in [0.1, 0.15) is 11.9 Å². The van der Waals surface area contributed by atoms with Crippen molar-refractivity contribution < 1.29 is 14.0 Å². The Morgan fingerprint density at radius 2 is 2.20 bits per heavy atom. The van der Waals surface area contributed by atoms with Gasteiger partial charge in [0.25, 0.3) is 5.89 Å². The number of nitrogens with zero attached hydrogens (tertiary/aromatic N) is 2. The zero-order valence-corrected chi connectivity index (χ0v) is 11.7. The second kappa shape index (κ2) is 6.91. The largest absolute Gasteiger partial charge is 0.484 e. The minimum atomic E-state index is -0.134. The number of rotatable bonds is 7. The summed E-state index contributed by atoms with van der Waals surface area (Å²) >= 11 is 0. The first-order valence-corrected chi connectivity index (χ1v) is 6.65. The Kier molecular flexibility index (Phi) is 4.95. The molecular formula is C14H19N3O3. The molecule has 1 aromatic heterocycles. The van der Waals surface area contributed by atoms with Crippen molar-refractivity contribution in [1.82, 2.24) is 10.1 Å². The monoisotopic (exact) mass is 277 g/mol. The molecule has 108 valence electrons. The first-order chi connectivity index (χ1) is 9.72. The van der Waals surface area contributed by atoms with E-state index < -0.39 is 0 Å². The normalized spacial score (nSPS) is 12.3. The second-order valence-corrected chi connectivity index (χ2v) is 4.26. The van der Waals surface area contributed by atoms with Gasteiger partial charge in [0, 0.05) is 18.4 Å². The molecule has 6 nitrogen and oxygen atoms in total. The van der Waals surface area contributed by atoms with E-state index in [4.69, 9.17) is 19.7 Å². The third kappa shape index (κ3) is 3.71. The molecule has 20 heavy (non-hydrogen) atoms. The van der Waals surface area contributed by atoms with Crippen LogP contribution in [-0.2, 0) is 11.3 Å². The molecule has 0 radical (unpaired) electrons. The Morgan fingerprint density at radius 1 is 1.35 bits per heavy atom. The molecule has 0 bridgehead atoms. The van der Waals surface area contributed by atoms with Crippen LogP contribution in [0.2, 0.25) is 0 Å². The van der Waals surface area contributed by atoms with Gasteiger partial charge in [-0.2, -0.15) is 4.98 Å². The number of ether oxygens (including phenoxy) is 2. The molecule has 0 aliphatic carbocycles. The molecule has 0 fully saturated rings. The lowest BCUT2D eigenvalue weighted by Gasteiger charge is -2.09. The average molecular weight is 277 g/mol. The summed E-state index contributed by atoms with van der Waals surface area (Å²) < 4.78 is 16.2. The van der Waals surface area contributed by atoms with Gasteiger partial charge in [-0.1, -0.05) is 18.1 Å². The number of nitrogens with two attached hydrogens (primary N) is 1. The maximum atomic E-state index is 5.67. The zero-order valence-electron chi connectivity index (χ0n) is 11.7. The summed E-state index contributed by atoms with van der Waals surface area (Å²) in [6, 6.07) is 7.19. The molecule has 0 aliphatic heterocycles. The molecule has 0 spiro atoms. The van der Waals surface area contributed by atoms with Gasteiger partial charge in [0.15, 0.2) is 6.61 Å². The van der Waals surface area contributed by atoms with Crippen molar-refractivity contribution in [2.45, 2.75) is 33.0 Å². The van der Waals surface area contributed by atoms with Gasteiger partial charge in [-0.15, -0.1) is 0 Å². The number of benzene rings is 1. The van der Waals surface area contributed by atoms with Gasteiger partial charge in [-0.05, 0) is 25.5 Å². The number of aromatic nitrogens is 2. The average Bonchev–Trinajstić information content (AvgIpc) is 2.91. The molecule has 1 aromatic carbocycles. The van der Waals surface area contributed by atoms with Gasteiger partial charge < -0.3 is 19.7 Å². The van der Waals surface area contributed by atoms with E-state index in [-0.39, 0.29) is 12.7 Å². The number of nitrogen functional groups attached to an aromatic ring is 1. The second-order valence-electron chi connectivity index (χ2n) is 4.26. The highest BCUT2D eigenvalue weighted by Gasteiger charge is 2.16. The molecule has 1 atom stereocenters. The lowest BCUT2D eigenvalue weighted by atomic mass is 10.2. The molecule has 0 amide bonds. The predicted octanol–water partition coefficient (Wildman–Crippen LogP) is 2.72. The summed E-state index contributed by atoms with van der Waals surface area (Å²) in [7, 11) is 0. The van der Waals surface area contributed by atoms with Crippen molar-refractivity contribution in [3.8, 4) is 5.75 Å². The Morgan fingerprint density at radius 3 is 2.90 bits per heavy atom. The van der Waals surface area contributed by atoms with Crippen molar-refractivity contribution in [2.24, 2.45) is 0 Å². The summed E-state index contributed by atoms with van der Waals surface area (Å²) in [5, 5.41) is 3.92. The van der Waals surface area contributed by atoms with E-state index in [1.54, 1.807) is 12.1 Å². The summed E-state index contributed by atoms with van der Waals surface area (Å²) in [5.74, 6) is 1.64. The van der Waals surface area contributed by atoms with Crippen LogP contribution in [0.5, 0.6) is 5.75 Å². The van der Waals surface area contributed by atoms with Crippen molar-refractivity contribution in [3.63, 3.8) is 0 Å². The van der Waals surface area contributed by atoms with Crippen LogP contribution in [0, 0.1) is 0 Å². The highest BCUT2D eigenvalue weighted by molar-refractivity contribution is 5.43. The van der Waals surface area contributed by atoms with Crippen LogP contribution in [0.15, 0.2) is 28.8 Å². The third-order valence-corrected chi connectivity index (χ3v) is 2.73. The van der Waals surface area contributed by atoms with Crippen molar-refractivity contribution in [2.75, 3.05) is 12.3 Å². The molecular weight excluding hydrogens is 258 g/mol. The third-order valence-electron chi connectivity index (χ3n) is 2.73. The Labute approximate surface area is 117 Å². The molecule has 0 saturated carbocycles. The molecule has 6 heteroatoms. The van der Waals surface area contributed by atoms with E-state index in [1.165, 1.54) is 0 Å². The van der Waals surface area contributed by atoms with E-state index in [1.807, 2.05) is 26.0 Å². The summed E-state index contributed by atoms with van der Waals surface area (Å²) in [4.78, 5) is 4.28. The number of hydrogen-bond acceptors (Lipinski definition) is 6. The maximum absolute atomic E-state index is 5.67. The minimum Gasteiger partial charge on any atom is -0.484 e. The molecule has 0 saturated heterocycles. The van der Waals surface area contributed by atoms with Gasteiger partial charge >= 0.3 is 0 Å². The van der Waals surface area contributed by atoms with Crippen molar-refractivity contribution in [1.29, 1.82) is 0 Å². The SMILES string of the molecule is CCOC(CC)c1noc(COc2cccc(N)c2)n1. The first-order valence-electron chi connectivity index (χ1n) is 6.65. The highest BCUT2D eigenvalue weighted by atomic mass is 16.5. The van der Waals surface area contributed by atoms with Crippen LogP contribution in [-0.4, -0.2) is 16.7 Å². The molecule has 1 unspecified atom stereocenters. The molecule has 2 N–H and O–H groups in total. The number of hydrogen-bond donors (Lipinski definition) is 1. The fraction of sp³-hybridized carbons (Fsp3) is 0.429. The van der Waals surface area contributed by atoms with Crippen LogP contribution in [0.25, 0.3) is 0 Å². The Bertz CT molecular complexity index is 542. The van der Waals surface area contributed by atoms with Crippen molar-refractivity contribution in [3.05, 3.63) is 36.0 Å². The van der Waals surface area contributed by atoms with Gasteiger partial charge in [0.2, 0.25) is 5.82 Å². The zero-order chi connectivity index (χ0) is 14.4. The lowest BCUT2D eigenvalue weighted by Crippen LogP contribution is -2.05. The molecule has 2 aromatic rings. The lowest BCUT2D eigenvalue weighted by molar-refractivity contribution is 0.0518. The van der Waals surface area contributed by atoms with Crippen molar-refractivity contribution >= 4 is 5.69 Å². The minimum absolute atomic E-state index is 0.134. The first kappa shape index (κ1) is 14.3. The van der Waals surface area contributed by atoms with Crippen LogP contribution in [0.3, 0.4) is 0 Å². The summed E-state index contributed by atoms with van der Waals surface area (Å²) in [6.45, 7) is 4.77. The Hall–Kier alpha value is -2.08. The van der Waals surface area contributed by atoms with E-state index in [9.17, 15) is 0 Å². The predicted molar refractivity (Wildman–Crippen MR) is 74.1 cm³/mol. The van der Waals surface area contributed by atoms with Crippen LogP contribution in [0.4, 0.5) is 5.69 Å². The van der Waals surface area contributed by atoms with Gasteiger partial charge in [-0.25, -0.2) is 0 Å². The fourth-order valence-electron chi connectivity index (χ4n) is 1.78. The molecule has 2 rings (SSSR count). The summed E-state index contributed by atoms with van der Waals surface area (Å²) in [6.07, 6.45) is 0.660. The quantitative estimate of drug-likeness (QED) is 0.783. The van der Waals surface area contributed by atoms with Crippen LogP contribution in [0.1, 0.15) is 38.1 Å². The smallest absolute Gasteiger partial charge is 0.264 e. The fourth-order valence-corrected chi connectivity index (χ4v) is 1.78. The summed E-state index contributed by atoms with van der Waals surface area (Å²) in [5.41, 5.74) is 6.32. The van der Waals surface area contributed by atoms with E-state index in [2.05, 4.69) is 10.1 Å². The molecule has 1 heterocycles. The number of anilines is 1. The van der Waals surface area contributed by atoms with Gasteiger partial charge in [-0.3, -0.25) is 0 Å². The standard InChI is InChI=1S/C14H19N3O3/c1-3-12(18-4-2)14-16-13(20-17-14)9-19-11-7-5-6-10(15)8-11/h5-8,12H,3-4,9,15H2,1-2H3. The molecule has 0 aliphatic rings. The van der Waals surface area contributed by atoms with E-state index in [0.717, 1.165) is 6.42 Å². The van der Waals surface area contributed by atoms with Crippen LogP contribution < -0.4 is 10.5 Å². The highest BCUT2D eigenvalue weighted by Crippen LogP contribution is 2.19. The topological polar surface area (TPSA) is 83.4 Å². The van der Waals surface area contributed by atoms with Crippen LogP contribution >= 0.6 is 0 Å². The maximum Gasteiger partial charge on any atom is 0.264 e.